The molecule has 2 aliphatic heterocycles. The fourth-order valence-electron chi connectivity index (χ4n) is 5.47. The van der Waals surface area contributed by atoms with Gasteiger partial charge in [0.15, 0.2) is 11.9 Å². The van der Waals surface area contributed by atoms with Crippen molar-refractivity contribution in [1.29, 1.82) is 5.26 Å². The molecule has 2 aliphatic rings. The Balaban J connectivity index is 1.44. The van der Waals surface area contributed by atoms with E-state index in [1.807, 2.05) is 13.0 Å². The highest BCUT2D eigenvalue weighted by atomic mass is 16.6. The molecule has 2 saturated heterocycles. The largest absolute Gasteiger partial charge is 0.458 e. The number of aryl methyl sites for hydroxylation is 1. The number of hydrogen-bond donors (Lipinski definition) is 2. The zero-order valence-electron chi connectivity index (χ0n) is 24.4. The lowest BCUT2D eigenvalue weighted by atomic mass is 9.87. The fraction of sp³-hybridized carbons (Fsp3) is 0.500. The number of ether oxygens (including phenoxy) is 3. The van der Waals surface area contributed by atoms with Gasteiger partial charge in [-0.3, -0.25) is 14.3 Å². The Morgan fingerprint density at radius 2 is 2.02 bits per heavy atom. The molecule has 0 saturated carbocycles. The highest BCUT2D eigenvalue weighted by Gasteiger charge is 2.43. The van der Waals surface area contributed by atoms with Gasteiger partial charge in [-0.15, -0.1) is 0 Å². The van der Waals surface area contributed by atoms with Crippen LogP contribution in [0.3, 0.4) is 0 Å². The number of aromatic nitrogens is 3. The second kappa shape index (κ2) is 11.6. The summed E-state index contributed by atoms with van der Waals surface area (Å²) in [7, 11) is 0. The van der Waals surface area contributed by atoms with Gasteiger partial charge < -0.3 is 29.4 Å². The summed E-state index contributed by atoms with van der Waals surface area (Å²) >= 11 is 0. The SMILES string of the molecule is Cc1cc(Nc2nn([C@]3(CC#N)CC[C@@H](C(=O)OC(C)(C)C)OC3)c3cc[nH]c(=O)c23)ccc1C(=O)N1CCOCC1. The van der Waals surface area contributed by atoms with Crippen LogP contribution in [0.5, 0.6) is 0 Å². The standard InChI is InChI=1S/C30H36N6O6/c1-19-17-20(5-6-21(19)27(38)35-13-15-40-16-14-35)33-25-24-22(8-12-32-26(24)37)36(34-25)30(10-11-31)9-7-23(41-18-30)28(39)42-29(2,3)4/h5-6,8,12,17,23H,7,9-10,13-16,18H2,1-4H3,(H,32,37)(H,33,34)/t23-,30-/m0/s1. The molecular formula is C30H36N6O6. The molecule has 0 radical (unpaired) electrons. The Hall–Kier alpha value is -4.21. The highest BCUT2D eigenvalue weighted by Crippen LogP contribution is 2.37. The predicted molar refractivity (Wildman–Crippen MR) is 155 cm³/mol. The summed E-state index contributed by atoms with van der Waals surface area (Å²) in [6, 6.07) is 9.37. The van der Waals surface area contributed by atoms with Gasteiger partial charge in [-0.05, 0) is 70.4 Å². The Morgan fingerprint density at radius 3 is 2.67 bits per heavy atom. The maximum atomic E-state index is 13.0. The fourth-order valence-corrected chi connectivity index (χ4v) is 5.47. The molecule has 0 spiro atoms. The van der Waals surface area contributed by atoms with Crippen molar-refractivity contribution < 1.29 is 23.8 Å². The number of rotatable bonds is 6. The summed E-state index contributed by atoms with van der Waals surface area (Å²) in [5, 5.41) is 18.2. The first kappa shape index (κ1) is 29.3. The van der Waals surface area contributed by atoms with E-state index in [2.05, 4.69) is 16.4 Å². The van der Waals surface area contributed by atoms with Crippen LogP contribution in [-0.2, 0) is 24.5 Å². The van der Waals surface area contributed by atoms with Gasteiger partial charge in [0.1, 0.15) is 11.0 Å². The molecule has 0 aliphatic carbocycles. The number of amides is 1. The van der Waals surface area contributed by atoms with E-state index in [0.717, 1.165) is 5.56 Å². The van der Waals surface area contributed by atoms with Gasteiger partial charge in [0.2, 0.25) is 0 Å². The molecule has 2 fully saturated rings. The van der Waals surface area contributed by atoms with E-state index < -0.39 is 23.2 Å². The third-order valence-electron chi connectivity index (χ3n) is 7.57. The van der Waals surface area contributed by atoms with E-state index in [0.29, 0.717) is 67.1 Å². The van der Waals surface area contributed by atoms with Crippen LogP contribution >= 0.6 is 0 Å². The predicted octanol–water partition coefficient (Wildman–Crippen LogP) is 3.38. The highest BCUT2D eigenvalue weighted by molar-refractivity contribution is 5.97. The summed E-state index contributed by atoms with van der Waals surface area (Å²) in [5.41, 5.74) is 0.683. The first-order valence-electron chi connectivity index (χ1n) is 14.1. The number of anilines is 2. The van der Waals surface area contributed by atoms with Crippen molar-refractivity contribution in [2.24, 2.45) is 0 Å². The average Bonchev–Trinajstić information content (AvgIpc) is 3.33. The second-order valence-electron chi connectivity index (χ2n) is 11.8. The van der Waals surface area contributed by atoms with Crippen LogP contribution in [0.15, 0.2) is 35.3 Å². The zero-order chi connectivity index (χ0) is 30.1. The van der Waals surface area contributed by atoms with E-state index in [4.69, 9.17) is 19.3 Å². The van der Waals surface area contributed by atoms with Crippen molar-refractivity contribution in [2.45, 2.75) is 64.2 Å². The molecule has 12 nitrogen and oxygen atoms in total. The average molecular weight is 577 g/mol. The number of aromatic amines is 1. The number of fused-ring (bicyclic) bond motifs is 1. The second-order valence-corrected chi connectivity index (χ2v) is 11.8. The van der Waals surface area contributed by atoms with Gasteiger partial charge in [-0.1, -0.05) is 0 Å². The van der Waals surface area contributed by atoms with Gasteiger partial charge >= 0.3 is 5.97 Å². The number of carbonyl (C=O) groups excluding carboxylic acids is 2. The van der Waals surface area contributed by atoms with Crippen molar-refractivity contribution in [2.75, 3.05) is 38.2 Å². The lowest BCUT2D eigenvalue weighted by molar-refractivity contribution is -0.176. The van der Waals surface area contributed by atoms with E-state index in [1.165, 1.54) is 6.20 Å². The number of H-pyrrole nitrogens is 1. The Bertz CT molecular complexity index is 1580. The number of nitrogens with zero attached hydrogens (tertiary/aromatic N) is 4. The van der Waals surface area contributed by atoms with Gasteiger partial charge in [-0.2, -0.15) is 10.4 Å². The minimum Gasteiger partial charge on any atom is -0.458 e. The molecule has 0 unspecified atom stereocenters. The van der Waals surface area contributed by atoms with E-state index in [9.17, 15) is 19.6 Å². The van der Waals surface area contributed by atoms with Crippen molar-refractivity contribution in [1.82, 2.24) is 19.7 Å². The van der Waals surface area contributed by atoms with Gasteiger partial charge in [-0.25, -0.2) is 4.79 Å². The molecule has 12 heteroatoms. The topological polar surface area (TPSA) is 152 Å². The number of nitrogens with one attached hydrogen (secondary N) is 2. The monoisotopic (exact) mass is 576 g/mol. The van der Waals surface area contributed by atoms with E-state index in [1.54, 1.807) is 48.6 Å². The Morgan fingerprint density at radius 1 is 1.26 bits per heavy atom. The number of benzene rings is 1. The summed E-state index contributed by atoms with van der Waals surface area (Å²) < 4.78 is 18.5. The smallest absolute Gasteiger partial charge is 0.335 e. The van der Waals surface area contributed by atoms with E-state index in [-0.39, 0.29) is 24.5 Å². The zero-order valence-corrected chi connectivity index (χ0v) is 24.4. The number of morpholine rings is 1. The summed E-state index contributed by atoms with van der Waals surface area (Å²) in [5.74, 6) is -0.179. The molecule has 222 valence electrons. The number of carbonyl (C=O) groups is 2. The van der Waals surface area contributed by atoms with Gasteiger partial charge in [0.05, 0.1) is 43.4 Å². The van der Waals surface area contributed by atoms with Crippen molar-refractivity contribution >= 4 is 34.3 Å². The lowest BCUT2D eigenvalue weighted by Crippen LogP contribution is -2.47. The first-order chi connectivity index (χ1) is 20.0. The third kappa shape index (κ3) is 5.89. The number of hydrogen-bond acceptors (Lipinski definition) is 9. The molecule has 2 atom stereocenters. The molecule has 4 heterocycles. The lowest BCUT2D eigenvalue weighted by Gasteiger charge is -2.39. The maximum absolute atomic E-state index is 13.0. The van der Waals surface area contributed by atoms with Crippen molar-refractivity contribution in [3.05, 3.63) is 51.9 Å². The minimum atomic E-state index is -0.899. The quantitative estimate of drug-likeness (QED) is 0.421. The third-order valence-corrected chi connectivity index (χ3v) is 7.57. The van der Waals surface area contributed by atoms with Crippen LogP contribution < -0.4 is 10.9 Å². The van der Waals surface area contributed by atoms with Crippen LogP contribution in [-0.4, -0.2) is 76.2 Å². The number of nitriles is 1. The molecule has 1 amide bonds. The van der Waals surface area contributed by atoms with Crippen molar-refractivity contribution in [3.63, 3.8) is 0 Å². The Labute approximate surface area is 243 Å². The molecule has 0 bridgehead atoms. The molecule has 42 heavy (non-hydrogen) atoms. The van der Waals surface area contributed by atoms with Crippen LogP contribution in [0.2, 0.25) is 0 Å². The summed E-state index contributed by atoms with van der Waals surface area (Å²) in [6.45, 7) is 9.46. The Kier molecular flexibility index (Phi) is 8.08. The molecule has 5 rings (SSSR count). The maximum Gasteiger partial charge on any atom is 0.335 e. The molecule has 1 aromatic carbocycles. The minimum absolute atomic E-state index is 0.0466. The molecule has 2 aromatic heterocycles. The van der Waals surface area contributed by atoms with Crippen LogP contribution in [0.25, 0.3) is 10.9 Å². The van der Waals surface area contributed by atoms with Crippen LogP contribution in [0.4, 0.5) is 11.5 Å². The number of pyridine rings is 1. The van der Waals surface area contributed by atoms with Crippen LogP contribution in [0, 0.1) is 18.3 Å². The van der Waals surface area contributed by atoms with Crippen LogP contribution in [0.1, 0.15) is 56.0 Å². The molecule has 2 N–H and O–H groups in total. The normalized spacial score (nSPS) is 21.1. The summed E-state index contributed by atoms with van der Waals surface area (Å²) in [6.07, 6.45) is 1.61. The summed E-state index contributed by atoms with van der Waals surface area (Å²) in [4.78, 5) is 43.2. The first-order valence-corrected chi connectivity index (χ1v) is 14.1. The van der Waals surface area contributed by atoms with Gasteiger partial charge in [0, 0.05) is 30.5 Å². The van der Waals surface area contributed by atoms with Crippen molar-refractivity contribution in [3.8, 4) is 6.07 Å². The molecule has 3 aromatic rings. The number of esters is 1. The molecular weight excluding hydrogens is 540 g/mol. The van der Waals surface area contributed by atoms with Gasteiger partial charge in [0.25, 0.3) is 11.5 Å². The van der Waals surface area contributed by atoms with E-state index >= 15 is 0 Å².